The quantitative estimate of drug-likeness (QED) is 0.780. The van der Waals surface area contributed by atoms with Crippen molar-refractivity contribution in [2.24, 2.45) is 0 Å². The number of benzene rings is 2. The highest BCUT2D eigenvalue weighted by Crippen LogP contribution is 2.20. The molecule has 2 aromatic rings. The van der Waals surface area contributed by atoms with Gasteiger partial charge in [0.1, 0.15) is 6.10 Å². The zero-order valence-corrected chi connectivity index (χ0v) is 16.7. The van der Waals surface area contributed by atoms with E-state index < -0.39 is 6.10 Å². The Kier molecular flexibility index (Phi) is 6.47. The highest BCUT2D eigenvalue weighted by Gasteiger charge is 2.23. The van der Waals surface area contributed by atoms with Gasteiger partial charge in [-0.15, -0.1) is 0 Å². The minimum Gasteiger partial charge on any atom is -0.368 e. The number of ether oxygens (including phenoxy) is 1. The lowest BCUT2D eigenvalue weighted by molar-refractivity contribution is -0.124. The Morgan fingerprint density at radius 1 is 1.04 bits per heavy atom. The van der Waals surface area contributed by atoms with E-state index in [-0.39, 0.29) is 17.9 Å². The second-order valence-corrected chi connectivity index (χ2v) is 7.59. The van der Waals surface area contributed by atoms with Crippen LogP contribution in [0, 0.1) is 0 Å². The minimum atomic E-state index is -0.397. The topological polar surface area (TPSA) is 67.4 Å². The Morgan fingerprint density at radius 2 is 1.75 bits per heavy atom. The zero-order chi connectivity index (χ0) is 20.1. The standard InChI is InChI=1S/C23H28N2O3/c1-15(2)17-9-11-18(12-10-17)16(3)24-22(26)19-6-4-7-20(14-19)25-23(27)21-8-5-13-28-21/h4,6-7,9-12,14-16,21H,5,8,13H2,1-3H3,(H,24,26)(H,25,27). The van der Waals surface area contributed by atoms with Crippen LogP contribution >= 0.6 is 0 Å². The maximum absolute atomic E-state index is 12.6. The van der Waals surface area contributed by atoms with E-state index in [0.717, 1.165) is 18.4 Å². The number of anilines is 1. The molecule has 1 aliphatic rings. The van der Waals surface area contributed by atoms with Gasteiger partial charge in [0.05, 0.1) is 6.04 Å². The van der Waals surface area contributed by atoms with Crippen LogP contribution in [-0.4, -0.2) is 24.5 Å². The largest absolute Gasteiger partial charge is 0.368 e. The Balaban J connectivity index is 1.62. The third-order valence-corrected chi connectivity index (χ3v) is 5.07. The molecule has 2 atom stereocenters. The molecule has 0 radical (unpaired) electrons. The number of carbonyl (C=O) groups is 2. The van der Waals surface area contributed by atoms with Gasteiger partial charge in [-0.1, -0.05) is 44.2 Å². The number of rotatable bonds is 6. The SMILES string of the molecule is CC(C)c1ccc(C(C)NC(=O)c2cccc(NC(=O)C3CCCO3)c2)cc1. The van der Waals surface area contributed by atoms with E-state index >= 15 is 0 Å². The van der Waals surface area contributed by atoms with Crippen LogP contribution in [0.1, 0.15) is 67.1 Å². The van der Waals surface area contributed by atoms with Gasteiger partial charge in [-0.2, -0.15) is 0 Å². The van der Waals surface area contributed by atoms with Crippen LogP contribution in [0.15, 0.2) is 48.5 Å². The van der Waals surface area contributed by atoms with Crippen LogP contribution < -0.4 is 10.6 Å². The molecule has 0 saturated carbocycles. The monoisotopic (exact) mass is 380 g/mol. The van der Waals surface area contributed by atoms with E-state index in [2.05, 4.69) is 48.7 Å². The molecule has 1 saturated heterocycles. The molecule has 2 aromatic carbocycles. The first-order valence-electron chi connectivity index (χ1n) is 9.87. The fourth-order valence-electron chi connectivity index (χ4n) is 3.28. The number of carbonyl (C=O) groups excluding carboxylic acids is 2. The highest BCUT2D eigenvalue weighted by molar-refractivity contribution is 5.98. The third kappa shape index (κ3) is 4.98. The Morgan fingerprint density at radius 3 is 2.39 bits per heavy atom. The van der Waals surface area contributed by atoms with E-state index in [4.69, 9.17) is 4.74 Å². The van der Waals surface area contributed by atoms with E-state index in [0.29, 0.717) is 23.8 Å². The third-order valence-electron chi connectivity index (χ3n) is 5.07. The Hall–Kier alpha value is -2.66. The lowest BCUT2D eigenvalue weighted by atomic mass is 9.99. The van der Waals surface area contributed by atoms with Gasteiger partial charge >= 0.3 is 0 Å². The first kappa shape index (κ1) is 20.1. The average Bonchev–Trinajstić information content (AvgIpc) is 3.23. The fourth-order valence-corrected chi connectivity index (χ4v) is 3.28. The summed E-state index contributed by atoms with van der Waals surface area (Å²) >= 11 is 0. The Labute approximate surface area is 166 Å². The van der Waals surface area contributed by atoms with Crippen molar-refractivity contribution < 1.29 is 14.3 Å². The van der Waals surface area contributed by atoms with Crippen molar-refractivity contribution in [3.63, 3.8) is 0 Å². The van der Waals surface area contributed by atoms with Crippen LogP contribution in [0.4, 0.5) is 5.69 Å². The average molecular weight is 380 g/mol. The molecule has 0 aliphatic carbocycles. The van der Waals surface area contributed by atoms with Crippen LogP contribution in [0.3, 0.4) is 0 Å². The lowest BCUT2D eigenvalue weighted by Crippen LogP contribution is -2.28. The molecular weight excluding hydrogens is 352 g/mol. The van der Waals surface area contributed by atoms with Gasteiger partial charge in [-0.05, 0) is 55.0 Å². The summed E-state index contributed by atoms with van der Waals surface area (Å²) in [6.45, 7) is 6.90. The van der Waals surface area contributed by atoms with Crippen molar-refractivity contribution in [1.29, 1.82) is 0 Å². The van der Waals surface area contributed by atoms with Crippen molar-refractivity contribution in [2.75, 3.05) is 11.9 Å². The first-order chi connectivity index (χ1) is 13.4. The van der Waals surface area contributed by atoms with Crippen molar-refractivity contribution >= 4 is 17.5 Å². The summed E-state index contributed by atoms with van der Waals surface area (Å²) in [5.74, 6) is 0.147. The molecule has 1 aliphatic heterocycles. The fraction of sp³-hybridized carbons (Fsp3) is 0.391. The maximum atomic E-state index is 12.6. The number of hydrogen-bond donors (Lipinski definition) is 2. The summed E-state index contributed by atoms with van der Waals surface area (Å²) in [5.41, 5.74) is 3.44. The highest BCUT2D eigenvalue weighted by atomic mass is 16.5. The summed E-state index contributed by atoms with van der Waals surface area (Å²) in [4.78, 5) is 24.8. The molecule has 28 heavy (non-hydrogen) atoms. The second-order valence-electron chi connectivity index (χ2n) is 7.59. The molecule has 148 valence electrons. The van der Waals surface area contributed by atoms with Gasteiger partial charge in [-0.3, -0.25) is 9.59 Å². The molecule has 1 fully saturated rings. The van der Waals surface area contributed by atoms with Gasteiger partial charge in [0.15, 0.2) is 0 Å². The normalized spacial score (nSPS) is 17.4. The number of hydrogen-bond acceptors (Lipinski definition) is 3. The summed E-state index contributed by atoms with van der Waals surface area (Å²) in [7, 11) is 0. The van der Waals surface area contributed by atoms with Crippen LogP contribution in [0.25, 0.3) is 0 Å². The Bertz CT molecular complexity index is 824. The lowest BCUT2D eigenvalue weighted by Gasteiger charge is -2.16. The molecule has 2 N–H and O–H groups in total. The van der Waals surface area contributed by atoms with E-state index in [9.17, 15) is 9.59 Å². The van der Waals surface area contributed by atoms with Crippen LogP contribution in [0.2, 0.25) is 0 Å². The molecule has 2 amide bonds. The number of nitrogens with one attached hydrogen (secondary N) is 2. The summed E-state index contributed by atoms with van der Waals surface area (Å²) in [6.07, 6.45) is 1.24. The molecule has 2 unspecified atom stereocenters. The molecule has 5 heteroatoms. The zero-order valence-electron chi connectivity index (χ0n) is 16.7. The summed E-state index contributed by atoms with van der Waals surface area (Å²) in [5, 5.41) is 5.86. The predicted octanol–water partition coefficient (Wildman–Crippen LogP) is 4.42. The van der Waals surface area contributed by atoms with Crippen molar-refractivity contribution in [1.82, 2.24) is 5.32 Å². The van der Waals surface area contributed by atoms with Gasteiger partial charge < -0.3 is 15.4 Å². The van der Waals surface area contributed by atoms with Crippen molar-refractivity contribution in [3.8, 4) is 0 Å². The molecular formula is C23H28N2O3. The van der Waals surface area contributed by atoms with Crippen LogP contribution in [0.5, 0.6) is 0 Å². The summed E-state index contributed by atoms with van der Waals surface area (Å²) < 4.78 is 5.40. The number of amides is 2. The first-order valence-corrected chi connectivity index (χ1v) is 9.87. The molecule has 5 nitrogen and oxygen atoms in total. The summed E-state index contributed by atoms with van der Waals surface area (Å²) in [6, 6.07) is 15.2. The van der Waals surface area contributed by atoms with E-state index in [1.807, 2.05) is 6.92 Å². The maximum Gasteiger partial charge on any atom is 0.253 e. The van der Waals surface area contributed by atoms with E-state index in [1.54, 1.807) is 24.3 Å². The molecule has 0 bridgehead atoms. The smallest absolute Gasteiger partial charge is 0.253 e. The molecule has 1 heterocycles. The van der Waals surface area contributed by atoms with E-state index in [1.165, 1.54) is 5.56 Å². The second kappa shape index (κ2) is 9.02. The van der Waals surface area contributed by atoms with Gasteiger partial charge in [0.2, 0.25) is 0 Å². The molecule has 0 spiro atoms. The minimum absolute atomic E-state index is 0.112. The van der Waals surface area contributed by atoms with Crippen LogP contribution in [-0.2, 0) is 9.53 Å². The van der Waals surface area contributed by atoms with Gasteiger partial charge in [0.25, 0.3) is 11.8 Å². The predicted molar refractivity (Wildman–Crippen MR) is 110 cm³/mol. The van der Waals surface area contributed by atoms with Gasteiger partial charge in [-0.25, -0.2) is 0 Å². The van der Waals surface area contributed by atoms with Gasteiger partial charge in [0, 0.05) is 17.9 Å². The van der Waals surface area contributed by atoms with Crippen molar-refractivity contribution in [2.45, 2.75) is 51.7 Å². The molecule has 3 rings (SSSR count). The van der Waals surface area contributed by atoms with Crippen molar-refractivity contribution in [3.05, 3.63) is 65.2 Å². The molecule has 0 aromatic heterocycles.